The van der Waals surface area contributed by atoms with Crippen LogP contribution in [0.25, 0.3) is 11.3 Å². The summed E-state index contributed by atoms with van der Waals surface area (Å²) in [5.41, 5.74) is 0.283. The number of aromatic nitrogens is 4. The van der Waals surface area contributed by atoms with E-state index in [2.05, 4.69) is 16.2 Å². The predicted molar refractivity (Wildman–Crippen MR) is 116 cm³/mol. The Bertz CT molecular complexity index is 1250. The Labute approximate surface area is 187 Å². The summed E-state index contributed by atoms with van der Waals surface area (Å²) < 4.78 is 29.8. The van der Waals surface area contributed by atoms with Crippen LogP contribution in [-0.2, 0) is 12.1 Å². The van der Waals surface area contributed by atoms with Crippen LogP contribution in [-0.4, -0.2) is 24.9 Å². The van der Waals surface area contributed by atoms with E-state index in [0.717, 1.165) is 17.7 Å². The zero-order valence-corrected chi connectivity index (χ0v) is 17.9. The summed E-state index contributed by atoms with van der Waals surface area (Å²) in [6.45, 7) is 1.79. The van der Waals surface area contributed by atoms with Gasteiger partial charge in [0.15, 0.2) is 0 Å². The topological polar surface area (TPSA) is 87.6 Å². The standard InChI is InChI=1S/C23H19F2N5OS/c1-2-18(22-29-21(11-32-22)16-5-3-15(10-26)4-6-16)23(31,12-30-14-27-13-28-30)19-8-7-17(24)9-20(19)25/h3-9,11,13-14,18,31H,2,12H2,1H3/t18?,23-/m1/s1. The van der Waals surface area contributed by atoms with Gasteiger partial charge in [0.2, 0.25) is 0 Å². The molecule has 0 bridgehead atoms. The molecule has 0 aliphatic rings. The normalized spacial score (nSPS) is 14.0. The first-order chi connectivity index (χ1) is 15.4. The van der Waals surface area contributed by atoms with Gasteiger partial charge in [-0.2, -0.15) is 10.4 Å². The van der Waals surface area contributed by atoms with Crippen LogP contribution in [0.4, 0.5) is 8.78 Å². The molecule has 0 amide bonds. The maximum absolute atomic E-state index is 14.8. The number of nitriles is 1. The molecule has 0 saturated carbocycles. The number of thiazole rings is 1. The van der Waals surface area contributed by atoms with Crippen molar-refractivity contribution in [2.45, 2.75) is 31.4 Å². The van der Waals surface area contributed by atoms with E-state index in [1.54, 1.807) is 24.3 Å². The molecule has 0 fully saturated rings. The van der Waals surface area contributed by atoms with Crippen molar-refractivity contribution in [1.82, 2.24) is 19.7 Å². The minimum atomic E-state index is -1.75. The summed E-state index contributed by atoms with van der Waals surface area (Å²) in [5.74, 6) is -2.15. The van der Waals surface area contributed by atoms with Crippen LogP contribution in [0.2, 0.25) is 0 Å². The van der Waals surface area contributed by atoms with Gasteiger partial charge in [-0.3, -0.25) is 0 Å². The van der Waals surface area contributed by atoms with Crippen LogP contribution in [0.3, 0.4) is 0 Å². The fraction of sp³-hybridized carbons (Fsp3) is 0.217. The van der Waals surface area contributed by atoms with Gasteiger partial charge in [-0.25, -0.2) is 23.4 Å². The molecule has 4 aromatic rings. The van der Waals surface area contributed by atoms with Crippen molar-refractivity contribution in [3.8, 4) is 17.3 Å². The minimum Gasteiger partial charge on any atom is -0.382 e. The van der Waals surface area contributed by atoms with Gasteiger partial charge in [0.1, 0.15) is 29.9 Å². The number of benzene rings is 2. The van der Waals surface area contributed by atoms with E-state index < -0.39 is 23.2 Å². The van der Waals surface area contributed by atoms with Gasteiger partial charge in [-0.15, -0.1) is 11.3 Å². The third-order valence-electron chi connectivity index (χ3n) is 5.38. The molecule has 0 spiro atoms. The zero-order chi connectivity index (χ0) is 22.7. The van der Waals surface area contributed by atoms with Crippen LogP contribution in [0.1, 0.15) is 35.4 Å². The monoisotopic (exact) mass is 451 g/mol. The van der Waals surface area contributed by atoms with Crippen molar-refractivity contribution in [2.75, 3.05) is 0 Å². The second kappa shape index (κ2) is 8.94. The van der Waals surface area contributed by atoms with E-state index in [0.29, 0.717) is 22.7 Å². The van der Waals surface area contributed by atoms with E-state index in [9.17, 15) is 13.9 Å². The van der Waals surface area contributed by atoms with Crippen LogP contribution in [0, 0.1) is 23.0 Å². The van der Waals surface area contributed by atoms with Gasteiger partial charge in [-0.1, -0.05) is 25.1 Å². The maximum Gasteiger partial charge on any atom is 0.137 e. The van der Waals surface area contributed by atoms with Gasteiger partial charge in [-0.05, 0) is 24.6 Å². The number of halogens is 2. The number of hydrogen-bond donors (Lipinski definition) is 1. The Balaban J connectivity index is 1.77. The van der Waals surface area contributed by atoms with Crippen molar-refractivity contribution < 1.29 is 13.9 Å². The summed E-state index contributed by atoms with van der Waals surface area (Å²) in [6, 6.07) is 12.3. The van der Waals surface area contributed by atoms with Crippen LogP contribution in [0.15, 0.2) is 60.5 Å². The highest BCUT2D eigenvalue weighted by Crippen LogP contribution is 2.43. The molecule has 6 nitrogen and oxygen atoms in total. The number of hydrogen-bond acceptors (Lipinski definition) is 6. The molecule has 0 radical (unpaired) electrons. The Hall–Kier alpha value is -3.48. The summed E-state index contributed by atoms with van der Waals surface area (Å²) >= 11 is 1.35. The van der Waals surface area contributed by atoms with E-state index in [1.807, 2.05) is 12.3 Å². The largest absolute Gasteiger partial charge is 0.382 e. The maximum atomic E-state index is 14.8. The molecule has 2 atom stereocenters. The Kier molecular flexibility index (Phi) is 6.08. The van der Waals surface area contributed by atoms with E-state index in [1.165, 1.54) is 34.7 Å². The molecular formula is C23H19F2N5OS. The summed E-state index contributed by atoms with van der Waals surface area (Å²) in [6.07, 6.45) is 3.21. The second-order valence-electron chi connectivity index (χ2n) is 7.36. The highest BCUT2D eigenvalue weighted by atomic mass is 32.1. The third-order valence-corrected chi connectivity index (χ3v) is 6.34. The van der Waals surface area contributed by atoms with Crippen molar-refractivity contribution >= 4 is 11.3 Å². The summed E-state index contributed by atoms with van der Waals surface area (Å²) in [5, 5.41) is 27.4. The first kappa shape index (κ1) is 21.7. The average molecular weight is 452 g/mol. The Morgan fingerprint density at radius 3 is 2.62 bits per heavy atom. The molecule has 2 aromatic heterocycles. The third kappa shape index (κ3) is 4.15. The number of aliphatic hydroxyl groups is 1. The molecule has 1 unspecified atom stereocenters. The van der Waals surface area contributed by atoms with Crippen LogP contribution in [0.5, 0.6) is 0 Å². The Morgan fingerprint density at radius 2 is 2.00 bits per heavy atom. The van der Waals surface area contributed by atoms with Crippen molar-refractivity contribution in [3.63, 3.8) is 0 Å². The molecule has 0 saturated heterocycles. The van der Waals surface area contributed by atoms with Crippen molar-refractivity contribution in [1.29, 1.82) is 5.26 Å². The molecule has 2 heterocycles. The lowest BCUT2D eigenvalue weighted by Gasteiger charge is -2.35. The quantitative estimate of drug-likeness (QED) is 0.443. The van der Waals surface area contributed by atoms with Crippen LogP contribution >= 0.6 is 11.3 Å². The molecule has 32 heavy (non-hydrogen) atoms. The first-order valence-electron chi connectivity index (χ1n) is 9.91. The van der Waals surface area contributed by atoms with Gasteiger partial charge in [0, 0.05) is 28.5 Å². The van der Waals surface area contributed by atoms with Gasteiger partial charge in [0.05, 0.1) is 28.9 Å². The van der Waals surface area contributed by atoms with Crippen molar-refractivity contribution in [3.05, 3.63) is 88.3 Å². The average Bonchev–Trinajstić information content (AvgIpc) is 3.46. The highest BCUT2D eigenvalue weighted by Gasteiger charge is 2.43. The molecular weight excluding hydrogens is 432 g/mol. The molecule has 9 heteroatoms. The lowest BCUT2D eigenvalue weighted by atomic mass is 9.79. The molecule has 162 valence electrons. The minimum absolute atomic E-state index is 0.0311. The second-order valence-corrected chi connectivity index (χ2v) is 8.25. The molecule has 4 rings (SSSR count). The van der Waals surface area contributed by atoms with E-state index >= 15 is 0 Å². The molecule has 0 aliphatic carbocycles. The first-order valence-corrected chi connectivity index (χ1v) is 10.8. The lowest BCUT2D eigenvalue weighted by molar-refractivity contribution is -0.0177. The summed E-state index contributed by atoms with van der Waals surface area (Å²) in [7, 11) is 0. The Morgan fingerprint density at radius 1 is 1.22 bits per heavy atom. The van der Waals surface area contributed by atoms with Gasteiger partial charge < -0.3 is 5.11 Å². The van der Waals surface area contributed by atoms with E-state index in [4.69, 9.17) is 10.2 Å². The van der Waals surface area contributed by atoms with Crippen LogP contribution < -0.4 is 0 Å². The fourth-order valence-corrected chi connectivity index (χ4v) is 4.90. The summed E-state index contributed by atoms with van der Waals surface area (Å²) in [4.78, 5) is 8.61. The lowest BCUT2D eigenvalue weighted by Crippen LogP contribution is -2.39. The SMILES string of the molecule is CCC(c1nc(-c2ccc(C#N)cc2)cs1)[C@](O)(Cn1cncn1)c1ccc(F)cc1F. The van der Waals surface area contributed by atoms with E-state index in [-0.39, 0.29) is 12.1 Å². The fourth-order valence-electron chi connectivity index (χ4n) is 3.80. The highest BCUT2D eigenvalue weighted by molar-refractivity contribution is 7.10. The smallest absolute Gasteiger partial charge is 0.137 e. The van der Waals surface area contributed by atoms with Gasteiger partial charge in [0.25, 0.3) is 0 Å². The van der Waals surface area contributed by atoms with Gasteiger partial charge >= 0.3 is 0 Å². The molecule has 0 aliphatic heterocycles. The zero-order valence-electron chi connectivity index (χ0n) is 17.1. The molecule has 2 aromatic carbocycles. The number of nitrogens with zero attached hydrogens (tertiary/aromatic N) is 5. The predicted octanol–water partition coefficient (Wildman–Crippen LogP) is 4.63. The van der Waals surface area contributed by atoms with Crippen molar-refractivity contribution in [2.24, 2.45) is 0 Å². The molecule has 1 N–H and O–H groups in total. The number of rotatable bonds is 7.